The third-order valence-corrected chi connectivity index (χ3v) is 2.23. The first-order valence-corrected chi connectivity index (χ1v) is 4.00. The maximum atomic E-state index is 10.7. The van der Waals surface area contributed by atoms with E-state index in [0.717, 1.165) is 0 Å². The van der Waals surface area contributed by atoms with E-state index in [0.29, 0.717) is 13.1 Å². The number of hydrogen-bond acceptors (Lipinski definition) is 3. The average Bonchev–Trinajstić information content (AvgIpc) is 2.03. The highest BCUT2D eigenvalue weighted by Crippen LogP contribution is 2.08. The first kappa shape index (κ1) is 9.28. The lowest BCUT2D eigenvalue weighted by molar-refractivity contribution is 0.0663. The normalized spacial score (nSPS) is 30.3. The number of rotatable bonds is 1. The van der Waals surface area contributed by atoms with Gasteiger partial charge in [0.05, 0.1) is 12.6 Å². The summed E-state index contributed by atoms with van der Waals surface area (Å²) in [6.07, 6.45) is -0.956. The van der Waals surface area contributed by atoms with Crippen LogP contribution in [0, 0.1) is 0 Å². The van der Waals surface area contributed by atoms with Crippen LogP contribution in [0.5, 0.6) is 0 Å². The van der Waals surface area contributed by atoms with Crippen LogP contribution in [0.1, 0.15) is 6.92 Å². The predicted octanol–water partition coefficient (Wildman–Crippen LogP) is -0.681. The Morgan fingerprint density at radius 1 is 1.75 bits per heavy atom. The van der Waals surface area contributed by atoms with Gasteiger partial charge in [-0.25, -0.2) is 4.79 Å². The average molecular weight is 174 g/mol. The molecule has 3 N–H and O–H groups in total. The van der Waals surface area contributed by atoms with Gasteiger partial charge in [-0.2, -0.15) is 0 Å². The molecule has 1 heterocycles. The molecule has 1 amide bonds. The molecule has 12 heavy (non-hydrogen) atoms. The Labute approximate surface area is 71.0 Å². The van der Waals surface area contributed by atoms with Gasteiger partial charge in [0.2, 0.25) is 0 Å². The number of nitrogens with zero attached hydrogens (tertiary/aromatic N) is 1. The molecule has 1 fully saturated rings. The molecule has 0 saturated carbocycles. The summed E-state index contributed by atoms with van der Waals surface area (Å²) in [6.45, 7) is 2.85. The molecule has 2 unspecified atom stereocenters. The van der Waals surface area contributed by atoms with Gasteiger partial charge < -0.3 is 20.4 Å². The highest BCUT2D eigenvalue weighted by Gasteiger charge is 2.30. The fourth-order valence-corrected chi connectivity index (χ4v) is 1.48. The van der Waals surface area contributed by atoms with Gasteiger partial charge in [-0.3, -0.25) is 0 Å². The number of piperazine rings is 1. The summed E-state index contributed by atoms with van der Waals surface area (Å²) in [5, 5.41) is 20.8. The topological polar surface area (TPSA) is 72.8 Å². The van der Waals surface area contributed by atoms with E-state index in [2.05, 4.69) is 5.32 Å². The van der Waals surface area contributed by atoms with Gasteiger partial charge in [-0.05, 0) is 6.92 Å². The smallest absolute Gasteiger partial charge is 0.407 e. The van der Waals surface area contributed by atoms with Crippen molar-refractivity contribution in [1.82, 2.24) is 10.2 Å². The Balaban J connectivity index is 2.64. The second-order valence-electron chi connectivity index (χ2n) is 2.97. The molecule has 0 radical (unpaired) electrons. The highest BCUT2D eigenvalue weighted by atomic mass is 16.4. The fraction of sp³-hybridized carbons (Fsp3) is 0.857. The van der Waals surface area contributed by atoms with Gasteiger partial charge in [0.15, 0.2) is 0 Å². The van der Waals surface area contributed by atoms with Crippen LogP contribution in [0.3, 0.4) is 0 Å². The Morgan fingerprint density at radius 2 is 2.42 bits per heavy atom. The Morgan fingerprint density at radius 3 is 2.83 bits per heavy atom. The van der Waals surface area contributed by atoms with Crippen LogP contribution in [-0.4, -0.2) is 53.0 Å². The number of carboxylic acid groups (broad SMARTS) is 1. The van der Waals surface area contributed by atoms with Crippen molar-refractivity contribution in [2.45, 2.75) is 19.0 Å². The molecule has 0 aromatic rings. The zero-order valence-electron chi connectivity index (χ0n) is 7.03. The maximum absolute atomic E-state index is 10.7. The zero-order chi connectivity index (χ0) is 9.14. The minimum Gasteiger partial charge on any atom is -0.465 e. The summed E-state index contributed by atoms with van der Waals surface area (Å²) >= 11 is 0. The van der Waals surface area contributed by atoms with Crippen molar-refractivity contribution in [3.8, 4) is 0 Å². The highest BCUT2D eigenvalue weighted by molar-refractivity contribution is 5.65. The van der Waals surface area contributed by atoms with Crippen molar-refractivity contribution >= 4 is 6.09 Å². The quantitative estimate of drug-likeness (QED) is 0.492. The Kier molecular flexibility index (Phi) is 2.88. The number of carbonyl (C=O) groups is 1. The van der Waals surface area contributed by atoms with E-state index in [1.165, 1.54) is 4.90 Å². The molecule has 5 heteroatoms. The number of aliphatic hydroxyl groups excluding tert-OH is 1. The van der Waals surface area contributed by atoms with E-state index in [4.69, 9.17) is 10.2 Å². The molecule has 1 rings (SSSR count). The molecular formula is C7H14N2O3. The van der Waals surface area contributed by atoms with Crippen LogP contribution in [0.15, 0.2) is 0 Å². The summed E-state index contributed by atoms with van der Waals surface area (Å²) in [6, 6.07) is -0.281. The summed E-state index contributed by atoms with van der Waals surface area (Å²) in [5.41, 5.74) is 0. The van der Waals surface area contributed by atoms with Gasteiger partial charge in [0.25, 0.3) is 0 Å². The minimum atomic E-state index is -0.956. The molecule has 1 aliphatic heterocycles. The molecule has 0 aliphatic carbocycles. The first-order valence-electron chi connectivity index (χ1n) is 4.00. The second kappa shape index (κ2) is 3.73. The lowest BCUT2D eigenvalue weighted by atomic mass is 10.1. The monoisotopic (exact) mass is 174 g/mol. The van der Waals surface area contributed by atoms with Crippen LogP contribution in [0.25, 0.3) is 0 Å². The molecule has 1 saturated heterocycles. The molecule has 5 nitrogen and oxygen atoms in total. The molecule has 70 valence electrons. The Hall–Kier alpha value is -0.810. The largest absolute Gasteiger partial charge is 0.465 e. The van der Waals surface area contributed by atoms with E-state index in [1.807, 2.05) is 6.92 Å². The van der Waals surface area contributed by atoms with Gasteiger partial charge in [-0.15, -0.1) is 0 Å². The van der Waals surface area contributed by atoms with Crippen molar-refractivity contribution in [1.29, 1.82) is 0 Å². The SMILES string of the molecule is CC1NCCN(C(=O)O)C1CO. The minimum absolute atomic E-state index is 0.0276. The molecule has 0 spiro atoms. The standard InChI is InChI=1S/C7H14N2O3/c1-5-6(4-10)9(7(11)12)3-2-8-5/h5-6,8,10H,2-4H2,1H3,(H,11,12). The number of aliphatic hydroxyl groups is 1. The van der Waals surface area contributed by atoms with E-state index >= 15 is 0 Å². The summed E-state index contributed by atoms with van der Waals surface area (Å²) in [5.74, 6) is 0. The van der Waals surface area contributed by atoms with Gasteiger partial charge >= 0.3 is 6.09 Å². The molecule has 1 aliphatic rings. The molecular weight excluding hydrogens is 160 g/mol. The maximum Gasteiger partial charge on any atom is 0.407 e. The van der Waals surface area contributed by atoms with Crippen LogP contribution in [0.2, 0.25) is 0 Å². The van der Waals surface area contributed by atoms with Crippen molar-refractivity contribution in [3.05, 3.63) is 0 Å². The summed E-state index contributed by atoms with van der Waals surface area (Å²) < 4.78 is 0. The van der Waals surface area contributed by atoms with Gasteiger partial charge in [-0.1, -0.05) is 0 Å². The van der Waals surface area contributed by atoms with Gasteiger partial charge in [0.1, 0.15) is 0 Å². The van der Waals surface area contributed by atoms with E-state index in [-0.39, 0.29) is 18.7 Å². The number of amides is 1. The van der Waals surface area contributed by atoms with Crippen LogP contribution in [0.4, 0.5) is 4.79 Å². The lowest BCUT2D eigenvalue weighted by Gasteiger charge is -2.37. The summed E-state index contributed by atoms with van der Waals surface area (Å²) in [4.78, 5) is 11.9. The Bertz CT molecular complexity index is 174. The van der Waals surface area contributed by atoms with Gasteiger partial charge in [0, 0.05) is 19.1 Å². The third kappa shape index (κ3) is 1.67. The molecule has 0 bridgehead atoms. The van der Waals surface area contributed by atoms with E-state index < -0.39 is 6.09 Å². The van der Waals surface area contributed by atoms with Crippen molar-refractivity contribution in [2.75, 3.05) is 19.7 Å². The third-order valence-electron chi connectivity index (χ3n) is 2.23. The van der Waals surface area contributed by atoms with Crippen molar-refractivity contribution < 1.29 is 15.0 Å². The van der Waals surface area contributed by atoms with Crippen molar-refractivity contribution in [2.24, 2.45) is 0 Å². The zero-order valence-corrected chi connectivity index (χ0v) is 7.03. The van der Waals surface area contributed by atoms with E-state index in [1.54, 1.807) is 0 Å². The molecule has 0 aromatic heterocycles. The molecule has 2 atom stereocenters. The summed E-state index contributed by atoms with van der Waals surface area (Å²) in [7, 11) is 0. The van der Waals surface area contributed by atoms with E-state index in [9.17, 15) is 4.79 Å². The fourth-order valence-electron chi connectivity index (χ4n) is 1.48. The second-order valence-corrected chi connectivity index (χ2v) is 2.97. The number of hydrogen-bond donors (Lipinski definition) is 3. The van der Waals surface area contributed by atoms with Crippen LogP contribution in [-0.2, 0) is 0 Å². The lowest BCUT2D eigenvalue weighted by Crippen LogP contribution is -2.59. The number of nitrogens with one attached hydrogen (secondary N) is 1. The van der Waals surface area contributed by atoms with Crippen molar-refractivity contribution in [3.63, 3.8) is 0 Å². The van der Waals surface area contributed by atoms with Crippen LogP contribution < -0.4 is 5.32 Å². The van der Waals surface area contributed by atoms with Crippen LogP contribution >= 0.6 is 0 Å². The first-order chi connectivity index (χ1) is 5.66. The predicted molar refractivity (Wildman–Crippen MR) is 43.1 cm³/mol. The molecule has 0 aromatic carbocycles.